The number of benzene rings is 1. The van der Waals surface area contributed by atoms with Crippen molar-refractivity contribution in [3.63, 3.8) is 0 Å². The van der Waals surface area contributed by atoms with Gasteiger partial charge < -0.3 is 10.6 Å². The molecule has 1 fully saturated rings. The second-order valence-corrected chi connectivity index (χ2v) is 6.72. The molecule has 5 nitrogen and oxygen atoms in total. The van der Waals surface area contributed by atoms with Crippen LogP contribution in [0.1, 0.15) is 32.3 Å². The molecule has 1 unspecified atom stereocenters. The summed E-state index contributed by atoms with van der Waals surface area (Å²) in [4.78, 5) is 18.3. The van der Waals surface area contributed by atoms with Gasteiger partial charge in [-0.1, -0.05) is 37.4 Å². The molecule has 1 aromatic rings. The molecule has 27 heavy (non-hydrogen) atoms. The molecule has 1 atom stereocenters. The maximum atomic E-state index is 12.0. The van der Waals surface area contributed by atoms with Crippen LogP contribution in [0.4, 0.5) is 5.69 Å². The zero-order chi connectivity index (χ0) is 19.4. The van der Waals surface area contributed by atoms with Crippen LogP contribution in [-0.4, -0.2) is 29.2 Å². The molecule has 0 aliphatic carbocycles. The monoisotopic (exact) mass is 362 g/mol. The van der Waals surface area contributed by atoms with Gasteiger partial charge in [-0.15, -0.1) is 0 Å². The van der Waals surface area contributed by atoms with Gasteiger partial charge in [0, 0.05) is 24.4 Å². The van der Waals surface area contributed by atoms with Gasteiger partial charge in [-0.05, 0) is 49.6 Å². The summed E-state index contributed by atoms with van der Waals surface area (Å²) in [6.45, 7) is 12.8. The number of carbonyl (C=O) groups is 1. The van der Waals surface area contributed by atoms with Crippen LogP contribution in [0, 0.1) is 0 Å². The lowest BCUT2D eigenvalue weighted by atomic mass is 9.97. The van der Waals surface area contributed by atoms with Crippen molar-refractivity contribution < 1.29 is 4.79 Å². The van der Waals surface area contributed by atoms with Crippen LogP contribution in [0.2, 0.25) is 0 Å². The van der Waals surface area contributed by atoms with Crippen molar-refractivity contribution in [3.05, 3.63) is 72.2 Å². The van der Waals surface area contributed by atoms with Crippen LogP contribution in [0.5, 0.6) is 0 Å². The second kappa shape index (κ2) is 8.08. The third-order valence-electron chi connectivity index (χ3n) is 4.67. The smallest absolute Gasteiger partial charge is 0.228 e. The first-order chi connectivity index (χ1) is 13.0. The van der Waals surface area contributed by atoms with Crippen LogP contribution in [-0.2, 0) is 4.79 Å². The molecule has 0 aromatic heterocycles. The van der Waals surface area contributed by atoms with Crippen LogP contribution in [0.3, 0.4) is 0 Å². The number of rotatable bonds is 5. The van der Waals surface area contributed by atoms with Gasteiger partial charge >= 0.3 is 0 Å². The van der Waals surface area contributed by atoms with E-state index in [1.54, 1.807) is 4.90 Å². The number of para-hydroxylation sites is 1. The molecule has 1 amide bonds. The third kappa shape index (κ3) is 4.19. The first-order valence-corrected chi connectivity index (χ1v) is 9.23. The van der Waals surface area contributed by atoms with Crippen molar-refractivity contribution in [2.45, 2.75) is 32.7 Å². The molecule has 140 valence electrons. The van der Waals surface area contributed by atoms with Gasteiger partial charge in [-0.2, -0.15) is 0 Å². The highest BCUT2D eigenvalue weighted by atomic mass is 16.2. The van der Waals surface area contributed by atoms with Crippen LogP contribution in [0.25, 0.3) is 6.08 Å². The number of fused-ring (bicyclic) bond motifs is 1. The minimum absolute atomic E-state index is 0.0317. The minimum Gasteiger partial charge on any atom is -0.364 e. The lowest BCUT2D eigenvalue weighted by Crippen LogP contribution is -2.33. The van der Waals surface area contributed by atoms with E-state index in [1.807, 2.05) is 44.2 Å². The predicted molar refractivity (Wildman–Crippen MR) is 112 cm³/mol. The predicted octanol–water partition coefficient (Wildman–Crippen LogP) is 4.06. The number of aliphatic imine (C=N–C) groups is 1. The van der Waals surface area contributed by atoms with Crippen molar-refractivity contribution in [3.8, 4) is 0 Å². The van der Waals surface area contributed by atoms with E-state index in [-0.39, 0.29) is 11.9 Å². The van der Waals surface area contributed by atoms with Crippen molar-refractivity contribution in [1.82, 2.24) is 10.2 Å². The van der Waals surface area contributed by atoms with Gasteiger partial charge in [0.15, 0.2) is 0 Å². The largest absolute Gasteiger partial charge is 0.364 e. The SMILES string of the molecule is C=C(N=C(/C=C\C)N1CCCC1=O)NC(C)C1=Cc2ccccc2NC1=C. The molecule has 2 N–H and O–H groups in total. The Morgan fingerprint density at radius 3 is 2.89 bits per heavy atom. The molecule has 2 aliphatic heterocycles. The number of hydrogen-bond acceptors (Lipinski definition) is 4. The molecule has 5 heteroatoms. The van der Waals surface area contributed by atoms with E-state index < -0.39 is 0 Å². The molecule has 1 aromatic carbocycles. The summed E-state index contributed by atoms with van der Waals surface area (Å²) in [5, 5.41) is 6.66. The zero-order valence-corrected chi connectivity index (χ0v) is 16.0. The molecule has 2 heterocycles. The Morgan fingerprint density at radius 1 is 1.41 bits per heavy atom. The van der Waals surface area contributed by atoms with Gasteiger partial charge in [0.2, 0.25) is 5.91 Å². The number of nitrogens with zero attached hydrogens (tertiary/aromatic N) is 2. The summed E-state index contributed by atoms with van der Waals surface area (Å²) in [7, 11) is 0. The maximum Gasteiger partial charge on any atom is 0.228 e. The van der Waals surface area contributed by atoms with Crippen molar-refractivity contribution in [1.29, 1.82) is 0 Å². The summed E-state index contributed by atoms with van der Waals surface area (Å²) < 4.78 is 0. The van der Waals surface area contributed by atoms with E-state index in [9.17, 15) is 4.79 Å². The fourth-order valence-electron chi connectivity index (χ4n) is 3.34. The van der Waals surface area contributed by atoms with E-state index in [0.717, 1.165) is 28.9 Å². The topological polar surface area (TPSA) is 56.7 Å². The molecule has 0 bridgehead atoms. The Kier molecular flexibility index (Phi) is 5.60. The van der Waals surface area contributed by atoms with Crippen molar-refractivity contribution in [2.24, 2.45) is 4.99 Å². The average molecular weight is 362 g/mol. The van der Waals surface area contributed by atoms with E-state index >= 15 is 0 Å². The van der Waals surface area contributed by atoms with Crippen LogP contribution < -0.4 is 10.6 Å². The van der Waals surface area contributed by atoms with E-state index in [0.29, 0.717) is 24.6 Å². The molecule has 0 saturated carbocycles. The molecular weight excluding hydrogens is 336 g/mol. The summed E-state index contributed by atoms with van der Waals surface area (Å²) in [6.07, 6.45) is 7.29. The van der Waals surface area contributed by atoms with Gasteiger partial charge in [-0.25, -0.2) is 4.99 Å². The number of anilines is 1. The van der Waals surface area contributed by atoms with Crippen LogP contribution in [0.15, 0.2) is 71.7 Å². The van der Waals surface area contributed by atoms with Gasteiger partial charge in [-0.3, -0.25) is 9.69 Å². The Morgan fingerprint density at radius 2 is 2.19 bits per heavy atom. The highest BCUT2D eigenvalue weighted by molar-refractivity contribution is 6.05. The van der Waals surface area contributed by atoms with Crippen LogP contribution >= 0.6 is 0 Å². The van der Waals surface area contributed by atoms with Gasteiger partial charge in [0.25, 0.3) is 0 Å². The van der Waals surface area contributed by atoms with Gasteiger partial charge in [0.1, 0.15) is 11.7 Å². The molecule has 3 rings (SSSR count). The molecule has 2 aliphatic rings. The minimum atomic E-state index is -0.0317. The first kappa shape index (κ1) is 18.7. The summed E-state index contributed by atoms with van der Waals surface area (Å²) in [5.41, 5.74) is 4.09. The summed E-state index contributed by atoms with van der Waals surface area (Å²) in [6, 6.07) is 8.08. The first-order valence-electron chi connectivity index (χ1n) is 9.23. The van der Waals surface area contributed by atoms with Crippen molar-refractivity contribution in [2.75, 3.05) is 11.9 Å². The quantitative estimate of drug-likeness (QED) is 0.614. The Labute approximate surface area is 160 Å². The van der Waals surface area contributed by atoms with Gasteiger partial charge in [0.05, 0.1) is 6.04 Å². The lowest BCUT2D eigenvalue weighted by Gasteiger charge is -2.26. The Bertz CT molecular complexity index is 863. The van der Waals surface area contributed by atoms with E-state index in [4.69, 9.17) is 0 Å². The number of likely N-dealkylation sites (tertiary alicyclic amines) is 1. The van der Waals surface area contributed by atoms with E-state index in [1.165, 1.54) is 0 Å². The standard InChI is InChI=1S/C22H26N4O/c1-5-9-21(26-13-8-12-22(26)27)25-17(4)23-15(2)19-14-18-10-6-7-11-20(18)24-16(19)3/h5-7,9-11,14-15,23-24H,3-4,8,12-13H2,1-2H3/b9-5-,25-21?. The fourth-order valence-corrected chi connectivity index (χ4v) is 3.34. The highest BCUT2D eigenvalue weighted by Gasteiger charge is 2.24. The number of hydrogen-bond donors (Lipinski definition) is 2. The molecule has 1 saturated heterocycles. The zero-order valence-electron chi connectivity index (χ0n) is 16.0. The number of amidine groups is 1. The summed E-state index contributed by atoms with van der Waals surface area (Å²) >= 11 is 0. The molecule has 0 radical (unpaired) electrons. The Hall–Kier alpha value is -3.08. The Balaban J connectivity index is 1.76. The number of amides is 1. The number of carbonyl (C=O) groups excluding carboxylic acids is 1. The number of nitrogens with one attached hydrogen (secondary N) is 2. The molecule has 0 spiro atoms. The fraction of sp³-hybridized carbons (Fsp3) is 0.273. The normalized spacial score (nSPS) is 18.2. The molecular formula is C22H26N4O. The summed E-state index contributed by atoms with van der Waals surface area (Å²) in [5.74, 6) is 1.25. The second-order valence-electron chi connectivity index (χ2n) is 6.72. The number of allylic oxidation sites excluding steroid dienone is 1. The third-order valence-corrected chi connectivity index (χ3v) is 4.67. The highest BCUT2D eigenvalue weighted by Crippen LogP contribution is 2.29. The lowest BCUT2D eigenvalue weighted by molar-refractivity contribution is -0.124. The van der Waals surface area contributed by atoms with E-state index in [2.05, 4.69) is 40.9 Å². The van der Waals surface area contributed by atoms with Crippen molar-refractivity contribution >= 4 is 23.5 Å². The average Bonchev–Trinajstić information content (AvgIpc) is 3.06. The maximum absolute atomic E-state index is 12.0.